The molecule has 0 bridgehead atoms. The smallest absolute Gasteiger partial charge is 0.243 e. The summed E-state index contributed by atoms with van der Waals surface area (Å²) in [4.78, 5) is 12.6. The molecule has 1 N–H and O–H groups in total. The largest absolute Gasteiger partial charge is 0.355 e. The summed E-state index contributed by atoms with van der Waals surface area (Å²) in [5, 5.41) is 3.70. The molecule has 0 unspecified atom stereocenters. The summed E-state index contributed by atoms with van der Waals surface area (Å²) in [5.74, 6) is 0.0358. The minimum Gasteiger partial charge on any atom is -0.355 e. The van der Waals surface area contributed by atoms with E-state index in [9.17, 15) is 17.6 Å². The third-order valence-electron chi connectivity index (χ3n) is 5.51. The van der Waals surface area contributed by atoms with Crippen molar-refractivity contribution in [1.82, 2.24) is 9.62 Å². The topological polar surface area (TPSA) is 66.5 Å². The quantitative estimate of drug-likeness (QED) is 0.676. The summed E-state index contributed by atoms with van der Waals surface area (Å²) >= 11 is 1.94. The molecule has 8 heteroatoms. The van der Waals surface area contributed by atoms with Crippen LogP contribution < -0.4 is 5.32 Å². The Balaban J connectivity index is 1.48. The predicted octanol–water partition coefficient (Wildman–Crippen LogP) is 3.41. The highest BCUT2D eigenvalue weighted by atomic mass is 32.2. The van der Waals surface area contributed by atoms with Crippen LogP contribution in [0.5, 0.6) is 0 Å². The second kappa shape index (κ2) is 10.1. The van der Waals surface area contributed by atoms with Gasteiger partial charge in [-0.3, -0.25) is 4.79 Å². The minimum absolute atomic E-state index is 0.0664. The van der Waals surface area contributed by atoms with Gasteiger partial charge >= 0.3 is 0 Å². The summed E-state index contributed by atoms with van der Waals surface area (Å²) in [7, 11) is -3.70. The SMILES string of the molecule is O=C(NCCSC1CCCCC1)[C@@H]1CCCN(S(=O)(=O)c2ccc(F)cc2)C1. The fourth-order valence-corrected chi connectivity index (χ4v) is 6.65. The minimum atomic E-state index is -3.70. The first kappa shape index (κ1) is 21.6. The maximum atomic E-state index is 13.1. The second-order valence-electron chi connectivity index (χ2n) is 7.58. The highest BCUT2D eigenvalue weighted by molar-refractivity contribution is 7.99. The fraction of sp³-hybridized carbons (Fsp3) is 0.650. The van der Waals surface area contributed by atoms with Crippen LogP contribution in [0.15, 0.2) is 29.2 Å². The number of carbonyl (C=O) groups excluding carboxylic acids is 1. The fourth-order valence-electron chi connectivity index (χ4n) is 3.91. The van der Waals surface area contributed by atoms with E-state index in [1.807, 2.05) is 11.8 Å². The molecule has 1 aliphatic heterocycles. The number of amides is 1. The molecule has 1 saturated heterocycles. The number of nitrogens with one attached hydrogen (secondary N) is 1. The lowest BCUT2D eigenvalue weighted by atomic mass is 9.99. The molecule has 0 radical (unpaired) electrons. The van der Waals surface area contributed by atoms with Gasteiger partial charge in [-0.1, -0.05) is 19.3 Å². The molecular weight excluding hydrogens is 399 g/mol. The van der Waals surface area contributed by atoms with Gasteiger partial charge in [-0.05, 0) is 49.9 Å². The molecule has 3 rings (SSSR count). The van der Waals surface area contributed by atoms with Crippen molar-refractivity contribution >= 4 is 27.7 Å². The Morgan fingerprint density at radius 3 is 2.54 bits per heavy atom. The zero-order chi connectivity index (χ0) is 20.0. The molecule has 1 amide bonds. The Morgan fingerprint density at radius 1 is 1.11 bits per heavy atom. The monoisotopic (exact) mass is 428 g/mol. The summed E-state index contributed by atoms with van der Waals surface area (Å²) in [6.45, 7) is 1.20. The van der Waals surface area contributed by atoms with Gasteiger partial charge in [0.15, 0.2) is 0 Å². The van der Waals surface area contributed by atoms with Gasteiger partial charge in [0, 0.05) is 30.6 Å². The van der Waals surface area contributed by atoms with E-state index in [0.29, 0.717) is 25.9 Å². The average molecular weight is 429 g/mol. The number of nitrogens with zero attached hydrogens (tertiary/aromatic N) is 1. The molecule has 0 spiro atoms. The third-order valence-corrected chi connectivity index (χ3v) is 8.78. The lowest BCUT2D eigenvalue weighted by molar-refractivity contribution is -0.125. The standard InChI is InChI=1S/C20H29FN2O3S2/c21-17-8-10-19(11-9-17)28(25,26)23-13-4-5-16(15-23)20(24)22-12-14-27-18-6-2-1-3-7-18/h8-11,16,18H,1-7,12-15H2,(H,22,24)/t16-/m1/s1. The highest BCUT2D eigenvalue weighted by Gasteiger charge is 2.33. The number of piperidine rings is 1. The molecule has 2 aliphatic rings. The predicted molar refractivity (Wildman–Crippen MR) is 110 cm³/mol. The van der Waals surface area contributed by atoms with Crippen molar-refractivity contribution in [2.75, 3.05) is 25.4 Å². The van der Waals surface area contributed by atoms with Crippen LogP contribution in [0.3, 0.4) is 0 Å². The first-order chi connectivity index (χ1) is 13.5. The van der Waals surface area contributed by atoms with Gasteiger partial charge in [0.05, 0.1) is 10.8 Å². The molecule has 1 heterocycles. The molecule has 156 valence electrons. The number of rotatable bonds is 7. The van der Waals surface area contributed by atoms with E-state index in [4.69, 9.17) is 0 Å². The van der Waals surface area contributed by atoms with E-state index < -0.39 is 15.8 Å². The van der Waals surface area contributed by atoms with E-state index in [2.05, 4.69) is 5.32 Å². The summed E-state index contributed by atoms with van der Waals surface area (Å²) < 4.78 is 40.0. The van der Waals surface area contributed by atoms with Gasteiger partial charge in [-0.25, -0.2) is 12.8 Å². The zero-order valence-electron chi connectivity index (χ0n) is 16.1. The Hall–Kier alpha value is -1.12. The van der Waals surface area contributed by atoms with Crippen LogP contribution in [-0.2, 0) is 14.8 Å². The van der Waals surface area contributed by atoms with Crippen molar-refractivity contribution in [2.24, 2.45) is 5.92 Å². The molecule has 28 heavy (non-hydrogen) atoms. The summed E-state index contributed by atoms with van der Waals surface area (Å²) in [6, 6.07) is 4.84. The molecule has 0 aromatic heterocycles. The van der Waals surface area contributed by atoms with Crippen LogP contribution in [0.1, 0.15) is 44.9 Å². The van der Waals surface area contributed by atoms with E-state index in [1.165, 1.54) is 48.5 Å². The van der Waals surface area contributed by atoms with Gasteiger partial charge in [0.1, 0.15) is 5.82 Å². The van der Waals surface area contributed by atoms with Crippen molar-refractivity contribution in [1.29, 1.82) is 0 Å². The van der Waals surface area contributed by atoms with Crippen LogP contribution in [-0.4, -0.2) is 49.3 Å². The van der Waals surface area contributed by atoms with Crippen molar-refractivity contribution in [3.8, 4) is 0 Å². The van der Waals surface area contributed by atoms with Crippen LogP contribution in [0.2, 0.25) is 0 Å². The Bertz CT molecular complexity index is 749. The molecule has 1 aromatic carbocycles. The number of hydrogen-bond donors (Lipinski definition) is 1. The van der Waals surface area contributed by atoms with Gasteiger partial charge in [-0.2, -0.15) is 16.1 Å². The van der Waals surface area contributed by atoms with E-state index in [0.717, 1.165) is 23.1 Å². The number of sulfonamides is 1. The number of carbonyl (C=O) groups is 1. The third kappa shape index (κ3) is 5.70. The molecule has 1 saturated carbocycles. The van der Waals surface area contributed by atoms with Crippen molar-refractivity contribution in [3.63, 3.8) is 0 Å². The van der Waals surface area contributed by atoms with Gasteiger partial charge in [0.2, 0.25) is 15.9 Å². The number of thioether (sulfide) groups is 1. The van der Waals surface area contributed by atoms with Gasteiger partial charge in [0.25, 0.3) is 0 Å². The van der Waals surface area contributed by atoms with Crippen LogP contribution in [0.25, 0.3) is 0 Å². The molecule has 1 atom stereocenters. The summed E-state index contributed by atoms with van der Waals surface area (Å²) in [6.07, 6.45) is 7.85. The number of halogens is 1. The van der Waals surface area contributed by atoms with Crippen LogP contribution in [0, 0.1) is 11.7 Å². The van der Waals surface area contributed by atoms with E-state index in [1.54, 1.807) is 0 Å². The Kier molecular flexibility index (Phi) is 7.77. The Morgan fingerprint density at radius 2 is 1.82 bits per heavy atom. The van der Waals surface area contributed by atoms with Crippen molar-refractivity contribution < 1.29 is 17.6 Å². The zero-order valence-corrected chi connectivity index (χ0v) is 17.7. The molecule has 1 aliphatic carbocycles. The van der Waals surface area contributed by atoms with E-state index >= 15 is 0 Å². The number of hydrogen-bond acceptors (Lipinski definition) is 4. The van der Waals surface area contributed by atoms with Gasteiger partial charge in [-0.15, -0.1) is 0 Å². The average Bonchev–Trinajstić information content (AvgIpc) is 2.72. The van der Waals surface area contributed by atoms with Crippen LogP contribution >= 0.6 is 11.8 Å². The highest BCUT2D eigenvalue weighted by Crippen LogP contribution is 2.28. The van der Waals surface area contributed by atoms with E-state index in [-0.39, 0.29) is 23.3 Å². The first-order valence-corrected chi connectivity index (χ1v) is 12.6. The van der Waals surface area contributed by atoms with Crippen LogP contribution in [0.4, 0.5) is 4.39 Å². The second-order valence-corrected chi connectivity index (χ2v) is 10.9. The molecular formula is C20H29FN2O3S2. The number of benzene rings is 1. The Labute approximate surface area is 171 Å². The molecule has 5 nitrogen and oxygen atoms in total. The normalized spacial score (nSPS) is 22.1. The first-order valence-electron chi connectivity index (χ1n) is 10.1. The maximum absolute atomic E-state index is 13.1. The lowest BCUT2D eigenvalue weighted by Gasteiger charge is -2.31. The summed E-state index contributed by atoms with van der Waals surface area (Å²) in [5.41, 5.74) is 0. The molecule has 1 aromatic rings. The van der Waals surface area contributed by atoms with Crippen molar-refractivity contribution in [3.05, 3.63) is 30.1 Å². The van der Waals surface area contributed by atoms with Gasteiger partial charge < -0.3 is 5.32 Å². The lowest BCUT2D eigenvalue weighted by Crippen LogP contribution is -2.45. The maximum Gasteiger partial charge on any atom is 0.243 e. The van der Waals surface area contributed by atoms with Crippen molar-refractivity contribution in [2.45, 2.75) is 55.1 Å². The molecule has 2 fully saturated rings.